The van der Waals surface area contributed by atoms with Crippen LogP contribution in [0.2, 0.25) is 0 Å². The normalized spacial score (nSPS) is 15.1. The predicted molar refractivity (Wildman–Crippen MR) is 120 cm³/mol. The van der Waals surface area contributed by atoms with Crippen LogP contribution in [0.5, 0.6) is 11.5 Å². The fourth-order valence-corrected chi connectivity index (χ4v) is 4.26. The molecule has 0 aliphatic carbocycles. The number of benzene rings is 2. The van der Waals surface area contributed by atoms with Crippen LogP contribution < -0.4 is 14.8 Å². The van der Waals surface area contributed by atoms with Crippen molar-refractivity contribution in [1.82, 2.24) is 20.2 Å². The second kappa shape index (κ2) is 8.99. The molecule has 1 N–H and O–H groups in total. The zero-order valence-electron chi connectivity index (χ0n) is 18.0. The number of anilines is 1. The van der Waals surface area contributed by atoms with Gasteiger partial charge in [0, 0.05) is 5.70 Å². The number of carbonyl (C=O) groups excluding carboxylic acids is 1. The highest BCUT2D eigenvalue weighted by atomic mass is 79.9. The molecule has 1 aliphatic rings. The summed E-state index contributed by atoms with van der Waals surface area (Å²) in [5.41, 5.74) is 3.94. The van der Waals surface area contributed by atoms with Crippen LogP contribution in [0.25, 0.3) is 0 Å². The van der Waals surface area contributed by atoms with Crippen LogP contribution in [0, 0.1) is 6.92 Å². The van der Waals surface area contributed by atoms with Gasteiger partial charge in [0.05, 0.1) is 24.3 Å². The van der Waals surface area contributed by atoms with Crippen LogP contribution in [0.1, 0.15) is 29.7 Å². The van der Waals surface area contributed by atoms with Crippen molar-refractivity contribution in [1.29, 1.82) is 0 Å². The third kappa shape index (κ3) is 4.05. The van der Waals surface area contributed by atoms with E-state index in [0.29, 0.717) is 39.8 Å². The molecule has 3 aromatic rings. The highest BCUT2D eigenvalue weighted by molar-refractivity contribution is 9.10. The van der Waals surface area contributed by atoms with Crippen LogP contribution in [0.15, 0.2) is 52.1 Å². The Balaban J connectivity index is 1.74. The van der Waals surface area contributed by atoms with Crippen molar-refractivity contribution in [3.63, 3.8) is 0 Å². The predicted octanol–water partition coefficient (Wildman–Crippen LogP) is 3.79. The lowest BCUT2D eigenvalue weighted by Crippen LogP contribution is -2.29. The zero-order valence-corrected chi connectivity index (χ0v) is 19.6. The fraction of sp³-hybridized carbons (Fsp3) is 0.273. The summed E-state index contributed by atoms with van der Waals surface area (Å²) in [4.78, 5) is 12.6. The van der Waals surface area contributed by atoms with E-state index in [1.54, 1.807) is 14.0 Å². The van der Waals surface area contributed by atoms with Gasteiger partial charge >= 0.3 is 5.97 Å². The minimum atomic E-state index is -0.607. The van der Waals surface area contributed by atoms with Crippen LogP contribution in [-0.2, 0) is 16.1 Å². The molecule has 2 heterocycles. The number of aromatic nitrogens is 4. The van der Waals surface area contributed by atoms with Crippen LogP contribution >= 0.6 is 15.9 Å². The first kappa shape index (κ1) is 21.8. The van der Waals surface area contributed by atoms with Crippen molar-refractivity contribution in [2.24, 2.45) is 0 Å². The first-order valence-electron chi connectivity index (χ1n) is 9.82. The molecule has 0 spiro atoms. The maximum atomic E-state index is 12.6. The lowest BCUT2D eigenvalue weighted by atomic mass is 9.95. The van der Waals surface area contributed by atoms with Crippen LogP contribution in [0.4, 0.5) is 5.95 Å². The molecule has 32 heavy (non-hydrogen) atoms. The Morgan fingerprint density at radius 3 is 2.75 bits per heavy atom. The van der Waals surface area contributed by atoms with E-state index in [-0.39, 0.29) is 0 Å². The van der Waals surface area contributed by atoms with E-state index < -0.39 is 12.0 Å². The molecule has 0 saturated heterocycles. The molecule has 10 heteroatoms. The van der Waals surface area contributed by atoms with Gasteiger partial charge in [-0.3, -0.25) is 0 Å². The summed E-state index contributed by atoms with van der Waals surface area (Å²) < 4.78 is 18.9. The van der Waals surface area contributed by atoms with E-state index in [2.05, 4.69) is 42.8 Å². The second-order valence-corrected chi connectivity index (χ2v) is 8.17. The van der Waals surface area contributed by atoms with Crippen molar-refractivity contribution in [2.45, 2.75) is 26.5 Å². The zero-order chi connectivity index (χ0) is 22.8. The number of methoxy groups -OCH3 is 2. The van der Waals surface area contributed by atoms with Crippen molar-refractivity contribution in [2.75, 3.05) is 19.5 Å². The summed E-state index contributed by atoms with van der Waals surface area (Å²) in [6.07, 6.45) is 0. The summed E-state index contributed by atoms with van der Waals surface area (Å²) in [6.45, 7) is 4.20. The van der Waals surface area contributed by atoms with Crippen molar-refractivity contribution >= 4 is 27.8 Å². The van der Waals surface area contributed by atoms with Crippen molar-refractivity contribution in [3.8, 4) is 11.5 Å². The Hall–Kier alpha value is -3.40. The fourth-order valence-electron chi connectivity index (χ4n) is 3.69. The van der Waals surface area contributed by atoms with E-state index in [9.17, 15) is 4.79 Å². The summed E-state index contributed by atoms with van der Waals surface area (Å²) in [5.74, 6) is 1.02. The number of allylic oxidation sites excluding steroid dienone is 1. The number of nitrogens with zero attached hydrogens (tertiary/aromatic N) is 4. The number of rotatable bonds is 6. The van der Waals surface area contributed by atoms with E-state index >= 15 is 0 Å². The number of hydrogen-bond acceptors (Lipinski definition) is 8. The standard InChI is InChI=1S/C22H22BrN5O4/c1-12-6-5-7-14(8-12)11-32-20-16(23)9-15(10-17(20)30-3)19-18(21(29)31-4)13(2)24-22-25-26-27-28(19)22/h5-10,19H,11H2,1-4H3,(H,24,25,27). The molecule has 9 nitrogen and oxygen atoms in total. The molecule has 0 radical (unpaired) electrons. The molecule has 2 aromatic carbocycles. The molecule has 166 valence electrons. The molecule has 0 bridgehead atoms. The molecule has 1 aromatic heterocycles. The average molecular weight is 500 g/mol. The third-order valence-corrected chi connectivity index (χ3v) is 5.74. The number of esters is 1. The van der Waals surface area contributed by atoms with Gasteiger partial charge in [0.2, 0.25) is 5.95 Å². The number of nitrogens with one attached hydrogen (secondary N) is 1. The summed E-state index contributed by atoms with van der Waals surface area (Å²) >= 11 is 3.60. The average Bonchev–Trinajstić information content (AvgIpc) is 3.24. The Bertz CT molecular complexity index is 1210. The summed E-state index contributed by atoms with van der Waals surface area (Å²) in [6, 6.07) is 11.2. The first-order valence-corrected chi connectivity index (χ1v) is 10.6. The molecule has 0 saturated carbocycles. The van der Waals surface area contributed by atoms with Gasteiger partial charge in [-0.1, -0.05) is 34.9 Å². The van der Waals surface area contributed by atoms with Gasteiger partial charge in [-0.25, -0.2) is 4.79 Å². The number of ether oxygens (including phenoxy) is 3. The monoisotopic (exact) mass is 499 g/mol. The molecular formula is C22H22BrN5O4. The Labute approximate surface area is 193 Å². The number of hydrogen-bond donors (Lipinski definition) is 1. The van der Waals surface area contributed by atoms with Gasteiger partial charge in [-0.2, -0.15) is 4.68 Å². The first-order chi connectivity index (χ1) is 15.4. The van der Waals surface area contributed by atoms with Crippen molar-refractivity contribution < 1.29 is 19.0 Å². The van der Waals surface area contributed by atoms with Gasteiger partial charge in [-0.15, -0.1) is 0 Å². The molecule has 1 aliphatic heterocycles. The van der Waals surface area contributed by atoms with Crippen LogP contribution in [0.3, 0.4) is 0 Å². The molecular weight excluding hydrogens is 478 g/mol. The van der Waals surface area contributed by atoms with E-state index in [0.717, 1.165) is 16.7 Å². The van der Waals surface area contributed by atoms with E-state index in [4.69, 9.17) is 14.2 Å². The summed E-state index contributed by atoms with van der Waals surface area (Å²) in [5, 5.41) is 14.8. The maximum absolute atomic E-state index is 12.6. The molecule has 1 atom stereocenters. The number of tetrazole rings is 1. The maximum Gasteiger partial charge on any atom is 0.338 e. The SMILES string of the molecule is COC(=O)C1=C(C)Nc2nnnn2C1c1cc(Br)c(OCc2cccc(C)c2)c(OC)c1. The van der Waals surface area contributed by atoms with Gasteiger partial charge in [0.15, 0.2) is 11.5 Å². The highest BCUT2D eigenvalue weighted by Gasteiger charge is 2.35. The minimum absolute atomic E-state index is 0.382. The molecule has 1 unspecified atom stereocenters. The van der Waals surface area contributed by atoms with Gasteiger partial charge in [-0.05, 0) is 63.5 Å². The van der Waals surface area contributed by atoms with Gasteiger partial charge < -0.3 is 19.5 Å². The van der Waals surface area contributed by atoms with E-state index in [1.165, 1.54) is 11.8 Å². The molecule has 0 fully saturated rings. The quantitative estimate of drug-likeness (QED) is 0.511. The van der Waals surface area contributed by atoms with Gasteiger partial charge in [0.25, 0.3) is 0 Å². The number of fused-ring (bicyclic) bond motifs is 1. The topological polar surface area (TPSA) is 100 Å². The highest BCUT2D eigenvalue weighted by Crippen LogP contribution is 2.42. The van der Waals surface area contributed by atoms with Gasteiger partial charge in [0.1, 0.15) is 12.6 Å². The Morgan fingerprint density at radius 2 is 2.03 bits per heavy atom. The summed E-state index contributed by atoms with van der Waals surface area (Å²) in [7, 11) is 2.91. The minimum Gasteiger partial charge on any atom is -0.493 e. The number of aryl methyl sites for hydroxylation is 1. The lowest BCUT2D eigenvalue weighted by molar-refractivity contribution is -0.136. The smallest absolute Gasteiger partial charge is 0.338 e. The van der Waals surface area contributed by atoms with E-state index in [1.807, 2.05) is 37.3 Å². The number of carbonyl (C=O) groups is 1. The third-order valence-electron chi connectivity index (χ3n) is 5.15. The largest absolute Gasteiger partial charge is 0.493 e. The lowest BCUT2D eigenvalue weighted by Gasteiger charge is -2.27. The Kier molecular flexibility index (Phi) is 6.13. The number of halogens is 1. The van der Waals surface area contributed by atoms with Crippen molar-refractivity contribution in [3.05, 3.63) is 68.8 Å². The second-order valence-electron chi connectivity index (χ2n) is 7.32. The Morgan fingerprint density at radius 1 is 1.22 bits per heavy atom. The van der Waals surface area contributed by atoms with Crippen LogP contribution in [-0.4, -0.2) is 40.4 Å². The molecule has 0 amide bonds. The molecule has 4 rings (SSSR count).